The molecule has 0 heterocycles. The summed E-state index contributed by atoms with van der Waals surface area (Å²) in [6.07, 6.45) is 1.59. The van der Waals surface area contributed by atoms with E-state index in [1.54, 1.807) is 0 Å². The molecule has 0 fully saturated rings. The smallest absolute Gasteiger partial charge is 0.120 e. The molecule has 4 aromatic carbocycles. The summed E-state index contributed by atoms with van der Waals surface area (Å²) >= 11 is 0. The summed E-state index contributed by atoms with van der Waals surface area (Å²) in [6.45, 7) is 0. The largest absolute Gasteiger partial charge is 0.303 e. The molecule has 0 aromatic heterocycles. The standard InChI is InChI=1S/C25H21OP/c26-18-17-25(22-16-15-20-9-7-8-10-21(20)19-22)27(23-11-3-1-4-12-23)24-13-5-2-6-14-24/h1-16,18-19,25H,17H2/t25-/m0/s1. The lowest BCUT2D eigenvalue weighted by Gasteiger charge is -2.28. The van der Waals surface area contributed by atoms with Crippen LogP contribution in [0.4, 0.5) is 0 Å². The number of fused-ring (bicyclic) bond motifs is 1. The van der Waals surface area contributed by atoms with Crippen LogP contribution in [0.5, 0.6) is 0 Å². The van der Waals surface area contributed by atoms with Gasteiger partial charge >= 0.3 is 0 Å². The summed E-state index contributed by atoms with van der Waals surface area (Å²) in [6, 6.07) is 36.2. The average molecular weight is 368 g/mol. The molecule has 0 aliphatic heterocycles. The van der Waals surface area contributed by atoms with E-state index in [0.717, 1.165) is 6.29 Å². The first-order valence-corrected chi connectivity index (χ1v) is 10.6. The van der Waals surface area contributed by atoms with Gasteiger partial charge < -0.3 is 4.79 Å². The van der Waals surface area contributed by atoms with Crippen LogP contribution in [0.2, 0.25) is 0 Å². The van der Waals surface area contributed by atoms with Crippen LogP contribution in [0.3, 0.4) is 0 Å². The van der Waals surface area contributed by atoms with Crippen molar-refractivity contribution in [2.24, 2.45) is 0 Å². The Hall–Kier alpha value is -2.76. The van der Waals surface area contributed by atoms with E-state index in [1.165, 1.54) is 26.9 Å². The van der Waals surface area contributed by atoms with Crippen LogP contribution in [-0.4, -0.2) is 6.29 Å². The maximum Gasteiger partial charge on any atom is 0.120 e. The second kappa shape index (κ2) is 8.29. The summed E-state index contributed by atoms with van der Waals surface area (Å²) in [5.74, 6) is 0. The van der Waals surface area contributed by atoms with Crippen LogP contribution in [0.1, 0.15) is 17.6 Å². The third-order valence-corrected chi connectivity index (χ3v) is 7.70. The zero-order valence-corrected chi connectivity index (χ0v) is 15.9. The fourth-order valence-corrected chi connectivity index (χ4v) is 6.34. The van der Waals surface area contributed by atoms with Gasteiger partial charge in [0.15, 0.2) is 0 Å². The molecule has 0 aliphatic carbocycles. The Morgan fingerprint density at radius 3 is 1.81 bits per heavy atom. The van der Waals surface area contributed by atoms with E-state index in [1.807, 2.05) is 12.1 Å². The number of hydrogen-bond donors (Lipinski definition) is 0. The van der Waals surface area contributed by atoms with Crippen LogP contribution >= 0.6 is 7.92 Å². The van der Waals surface area contributed by atoms with Gasteiger partial charge in [-0.1, -0.05) is 103 Å². The highest BCUT2D eigenvalue weighted by molar-refractivity contribution is 7.73. The van der Waals surface area contributed by atoms with Crippen molar-refractivity contribution in [1.29, 1.82) is 0 Å². The monoisotopic (exact) mass is 368 g/mol. The molecule has 2 heteroatoms. The molecule has 0 saturated carbocycles. The minimum atomic E-state index is -0.683. The van der Waals surface area contributed by atoms with Crippen molar-refractivity contribution in [2.75, 3.05) is 0 Å². The van der Waals surface area contributed by atoms with E-state index in [2.05, 4.69) is 91.0 Å². The zero-order chi connectivity index (χ0) is 18.5. The molecule has 0 spiro atoms. The highest BCUT2D eigenvalue weighted by atomic mass is 31.1. The summed E-state index contributed by atoms with van der Waals surface area (Å²) in [7, 11) is -0.683. The Morgan fingerprint density at radius 2 is 1.22 bits per heavy atom. The van der Waals surface area contributed by atoms with Gasteiger partial charge in [-0.2, -0.15) is 0 Å². The second-order valence-electron chi connectivity index (χ2n) is 6.57. The fraction of sp³-hybridized carbons (Fsp3) is 0.0800. The van der Waals surface area contributed by atoms with Crippen LogP contribution in [0.25, 0.3) is 10.8 Å². The van der Waals surface area contributed by atoms with Crippen molar-refractivity contribution in [3.8, 4) is 0 Å². The van der Waals surface area contributed by atoms with E-state index in [-0.39, 0.29) is 5.66 Å². The van der Waals surface area contributed by atoms with Gasteiger partial charge in [0.05, 0.1) is 0 Å². The van der Waals surface area contributed by atoms with E-state index in [4.69, 9.17) is 0 Å². The Bertz CT molecular complexity index is 988. The first kappa shape index (κ1) is 17.6. The SMILES string of the molecule is O=CC[C@@H](c1ccc2ccccc2c1)P(c1ccccc1)c1ccccc1. The lowest BCUT2D eigenvalue weighted by atomic mass is 10.0. The molecule has 132 valence electrons. The predicted octanol–water partition coefficient (Wildman–Crippen LogP) is 5.60. The zero-order valence-electron chi connectivity index (χ0n) is 15.0. The number of aldehydes is 1. The van der Waals surface area contributed by atoms with Crippen molar-refractivity contribution in [3.05, 3.63) is 109 Å². The fourth-order valence-electron chi connectivity index (χ4n) is 3.58. The normalized spacial score (nSPS) is 12.2. The van der Waals surface area contributed by atoms with Gasteiger partial charge in [-0.05, 0) is 34.9 Å². The molecule has 0 N–H and O–H groups in total. The van der Waals surface area contributed by atoms with E-state index in [0.29, 0.717) is 6.42 Å². The molecule has 27 heavy (non-hydrogen) atoms. The highest BCUT2D eigenvalue weighted by Crippen LogP contribution is 2.51. The summed E-state index contributed by atoms with van der Waals surface area (Å²) in [5.41, 5.74) is 1.39. The summed E-state index contributed by atoms with van der Waals surface area (Å²) < 4.78 is 0. The summed E-state index contributed by atoms with van der Waals surface area (Å²) in [5, 5.41) is 5.06. The van der Waals surface area contributed by atoms with Gasteiger partial charge in [-0.25, -0.2) is 0 Å². The first-order chi connectivity index (χ1) is 13.4. The van der Waals surface area contributed by atoms with Gasteiger partial charge in [0.2, 0.25) is 0 Å². The average Bonchev–Trinajstić information content (AvgIpc) is 2.74. The Labute approximate surface area is 161 Å². The van der Waals surface area contributed by atoms with Gasteiger partial charge in [0, 0.05) is 12.1 Å². The molecule has 4 aromatic rings. The maximum absolute atomic E-state index is 11.6. The van der Waals surface area contributed by atoms with Crippen molar-refractivity contribution >= 4 is 35.6 Å². The predicted molar refractivity (Wildman–Crippen MR) is 116 cm³/mol. The third-order valence-electron chi connectivity index (χ3n) is 4.86. The van der Waals surface area contributed by atoms with Crippen molar-refractivity contribution in [3.63, 3.8) is 0 Å². The molecule has 0 radical (unpaired) electrons. The van der Waals surface area contributed by atoms with Gasteiger partial charge in [-0.3, -0.25) is 0 Å². The Balaban J connectivity index is 1.86. The van der Waals surface area contributed by atoms with Crippen LogP contribution in [0.15, 0.2) is 103 Å². The molecule has 4 rings (SSSR count). The van der Waals surface area contributed by atoms with Crippen molar-refractivity contribution < 1.29 is 4.79 Å². The van der Waals surface area contributed by atoms with Crippen LogP contribution < -0.4 is 10.6 Å². The number of rotatable bonds is 6. The van der Waals surface area contributed by atoms with Crippen molar-refractivity contribution in [2.45, 2.75) is 12.1 Å². The lowest BCUT2D eigenvalue weighted by molar-refractivity contribution is -0.107. The molecular weight excluding hydrogens is 347 g/mol. The van der Waals surface area contributed by atoms with Gasteiger partial charge in [0.1, 0.15) is 6.29 Å². The van der Waals surface area contributed by atoms with E-state index < -0.39 is 7.92 Å². The first-order valence-electron chi connectivity index (χ1n) is 9.18. The number of benzene rings is 4. The minimum absolute atomic E-state index is 0.159. The van der Waals surface area contributed by atoms with Gasteiger partial charge in [-0.15, -0.1) is 0 Å². The number of carbonyl (C=O) groups excluding carboxylic acids is 1. The molecule has 1 atom stereocenters. The molecular formula is C25H21OP. The number of hydrogen-bond acceptors (Lipinski definition) is 1. The maximum atomic E-state index is 11.6. The molecule has 0 saturated heterocycles. The Kier molecular flexibility index (Phi) is 5.42. The van der Waals surface area contributed by atoms with Gasteiger partial charge in [0.25, 0.3) is 0 Å². The number of carbonyl (C=O) groups is 1. The van der Waals surface area contributed by atoms with Crippen LogP contribution in [-0.2, 0) is 4.79 Å². The van der Waals surface area contributed by atoms with Crippen LogP contribution in [0, 0.1) is 0 Å². The molecule has 0 bridgehead atoms. The molecule has 0 unspecified atom stereocenters. The third kappa shape index (κ3) is 3.84. The lowest BCUT2D eigenvalue weighted by Crippen LogP contribution is -2.17. The molecule has 0 amide bonds. The summed E-state index contributed by atoms with van der Waals surface area (Å²) in [4.78, 5) is 11.6. The minimum Gasteiger partial charge on any atom is -0.303 e. The van der Waals surface area contributed by atoms with Crippen molar-refractivity contribution in [1.82, 2.24) is 0 Å². The highest BCUT2D eigenvalue weighted by Gasteiger charge is 2.26. The quantitative estimate of drug-likeness (QED) is 0.320. The van der Waals surface area contributed by atoms with E-state index in [9.17, 15) is 4.79 Å². The topological polar surface area (TPSA) is 17.1 Å². The Morgan fingerprint density at radius 1 is 0.667 bits per heavy atom. The van der Waals surface area contributed by atoms with E-state index >= 15 is 0 Å². The molecule has 1 nitrogen and oxygen atoms in total. The second-order valence-corrected chi connectivity index (χ2v) is 8.96. The molecule has 0 aliphatic rings.